The summed E-state index contributed by atoms with van der Waals surface area (Å²) in [5, 5.41) is 0. The molecular weight excluding hydrogens is 225 g/mol. The van der Waals surface area contributed by atoms with Crippen molar-refractivity contribution in [2.75, 3.05) is 0 Å². The summed E-state index contributed by atoms with van der Waals surface area (Å²) in [6.07, 6.45) is -3.18. The molecule has 2 nitrogen and oxygen atoms in total. The van der Waals surface area contributed by atoms with Crippen molar-refractivity contribution in [2.45, 2.75) is 12.7 Å². The molecule has 1 unspecified atom stereocenters. The Bertz CT molecular complexity index is 237. The Kier molecular flexibility index (Phi) is 2.53. The van der Waals surface area contributed by atoms with E-state index in [-0.39, 0.29) is 0 Å². The van der Waals surface area contributed by atoms with E-state index < -0.39 is 12.7 Å². The second-order valence-corrected chi connectivity index (χ2v) is 2.66. The molecule has 1 heterocycles. The molecule has 0 aliphatic heterocycles. The van der Waals surface area contributed by atoms with Gasteiger partial charge in [0.15, 0.2) is 0 Å². The van der Waals surface area contributed by atoms with Gasteiger partial charge in [-0.25, -0.2) is 18.2 Å². The van der Waals surface area contributed by atoms with Crippen LogP contribution in [-0.2, 0) is 0 Å². The summed E-state index contributed by atoms with van der Waals surface area (Å²) in [7, 11) is 0. The van der Waals surface area contributed by atoms with Gasteiger partial charge in [-0.2, -0.15) is 0 Å². The molecule has 1 atom stereocenters. The normalized spacial score (nSPS) is 13.9. The first kappa shape index (κ1) is 8.58. The first-order valence-electron chi connectivity index (χ1n) is 2.72. The van der Waals surface area contributed by atoms with E-state index in [0.717, 1.165) is 12.5 Å². The summed E-state index contributed by atoms with van der Waals surface area (Å²) in [6, 6.07) is 0. The van der Waals surface area contributed by atoms with Crippen LogP contribution in [0.1, 0.15) is 6.30 Å². The minimum atomic E-state index is -3.02. The van der Waals surface area contributed by atoms with Crippen LogP contribution in [-0.4, -0.2) is 16.0 Å². The van der Waals surface area contributed by atoms with Gasteiger partial charge in [0.25, 0.3) is 6.43 Å². The van der Waals surface area contributed by atoms with E-state index in [1.807, 2.05) is 0 Å². The number of aromatic nitrogens is 2. The maximum atomic E-state index is 12.4. The molecule has 0 amide bonds. The van der Waals surface area contributed by atoms with Gasteiger partial charge < -0.3 is 4.57 Å². The molecule has 62 valence electrons. The van der Waals surface area contributed by atoms with E-state index >= 15 is 0 Å². The van der Waals surface area contributed by atoms with Crippen molar-refractivity contribution in [1.29, 1.82) is 0 Å². The predicted molar refractivity (Wildman–Crippen MR) is 36.1 cm³/mol. The molecule has 0 N–H and O–H groups in total. The van der Waals surface area contributed by atoms with Crippen molar-refractivity contribution in [3.05, 3.63) is 17.1 Å². The maximum absolute atomic E-state index is 12.4. The average Bonchev–Trinajstić information content (AvgIpc) is 2.34. The zero-order chi connectivity index (χ0) is 8.43. The Morgan fingerprint density at radius 3 is 2.45 bits per heavy atom. The second kappa shape index (κ2) is 3.25. The van der Waals surface area contributed by atoms with Gasteiger partial charge in [0.05, 0.1) is 6.33 Å². The fourth-order valence-electron chi connectivity index (χ4n) is 0.577. The first-order chi connectivity index (χ1) is 5.11. The number of hydrogen-bond acceptors (Lipinski definition) is 1. The van der Waals surface area contributed by atoms with E-state index in [2.05, 4.69) is 20.9 Å². The molecule has 0 aliphatic rings. The molecule has 0 fully saturated rings. The van der Waals surface area contributed by atoms with Crippen molar-refractivity contribution in [3.63, 3.8) is 0 Å². The third kappa shape index (κ3) is 1.95. The molecule has 1 aromatic rings. The lowest BCUT2D eigenvalue weighted by molar-refractivity contribution is 0.00792. The van der Waals surface area contributed by atoms with Crippen LogP contribution in [0.15, 0.2) is 17.1 Å². The second-order valence-electron chi connectivity index (χ2n) is 1.85. The lowest BCUT2D eigenvalue weighted by atomic mass is 10.6. The number of rotatable bonds is 2. The number of imidazole rings is 1. The summed E-state index contributed by atoms with van der Waals surface area (Å²) < 4.78 is 36.8. The largest absolute Gasteiger partial charge is 0.301 e. The van der Waals surface area contributed by atoms with Gasteiger partial charge in [-0.05, 0) is 15.9 Å². The minimum absolute atomic E-state index is 0.334. The Balaban J connectivity index is 2.76. The smallest absolute Gasteiger partial charge is 0.288 e. The molecule has 1 aromatic heterocycles. The molecule has 6 heteroatoms. The maximum Gasteiger partial charge on any atom is 0.288 e. The van der Waals surface area contributed by atoms with Gasteiger partial charge >= 0.3 is 0 Å². The van der Waals surface area contributed by atoms with Crippen molar-refractivity contribution < 1.29 is 13.2 Å². The van der Waals surface area contributed by atoms with Gasteiger partial charge in [0.2, 0.25) is 6.30 Å². The topological polar surface area (TPSA) is 17.8 Å². The molecule has 0 bridgehead atoms. The van der Waals surface area contributed by atoms with E-state index in [4.69, 9.17) is 0 Å². The highest BCUT2D eigenvalue weighted by atomic mass is 79.9. The summed E-state index contributed by atoms with van der Waals surface area (Å²) in [4.78, 5) is 3.53. The lowest BCUT2D eigenvalue weighted by Gasteiger charge is -2.06. The number of hydrogen-bond donors (Lipinski definition) is 0. The molecule has 0 radical (unpaired) electrons. The van der Waals surface area contributed by atoms with Gasteiger partial charge in [0.1, 0.15) is 4.60 Å². The Morgan fingerprint density at radius 2 is 2.09 bits per heavy atom. The Labute approximate surface area is 69.2 Å². The van der Waals surface area contributed by atoms with E-state index in [1.54, 1.807) is 0 Å². The van der Waals surface area contributed by atoms with Gasteiger partial charge in [-0.3, -0.25) is 0 Å². The number of alkyl halides is 3. The Hall–Kier alpha value is -0.520. The van der Waals surface area contributed by atoms with Crippen molar-refractivity contribution in [1.82, 2.24) is 9.55 Å². The first-order valence-corrected chi connectivity index (χ1v) is 3.52. The monoisotopic (exact) mass is 228 g/mol. The summed E-state index contributed by atoms with van der Waals surface area (Å²) in [6.45, 7) is 0. The van der Waals surface area contributed by atoms with E-state index in [0.29, 0.717) is 9.17 Å². The lowest BCUT2D eigenvalue weighted by Crippen LogP contribution is -2.09. The minimum Gasteiger partial charge on any atom is -0.301 e. The third-order valence-electron chi connectivity index (χ3n) is 1.06. The van der Waals surface area contributed by atoms with E-state index in [1.165, 1.54) is 0 Å². The van der Waals surface area contributed by atoms with Crippen LogP contribution in [0.3, 0.4) is 0 Å². The predicted octanol–water partition coefficient (Wildman–Crippen LogP) is 2.38. The van der Waals surface area contributed by atoms with Crippen molar-refractivity contribution >= 4 is 15.9 Å². The van der Waals surface area contributed by atoms with Crippen LogP contribution < -0.4 is 0 Å². The molecule has 0 aromatic carbocycles. The van der Waals surface area contributed by atoms with E-state index in [9.17, 15) is 13.2 Å². The van der Waals surface area contributed by atoms with Crippen LogP contribution in [0.25, 0.3) is 0 Å². The summed E-state index contributed by atoms with van der Waals surface area (Å²) in [5.74, 6) is 0. The molecule has 11 heavy (non-hydrogen) atoms. The fourth-order valence-corrected chi connectivity index (χ4v) is 0.905. The van der Waals surface area contributed by atoms with Crippen LogP contribution in [0.4, 0.5) is 13.2 Å². The fraction of sp³-hybridized carbons (Fsp3) is 0.400. The number of halogens is 4. The molecule has 0 saturated heterocycles. The van der Waals surface area contributed by atoms with Crippen LogP contribution in [0.5, 0.6) is 0 Å². The zero-order valence-electron chi connectivity index (χ0n) is 5.22. The molecule has 0 spiro atoms. The molecular formula is C5H4BrF3N2. The van der Waals surface area contributed by atoms with Crippen LogP contribution in [0.2, 0.25) is 0 Å². The van der Waals surface area contributed by atoms with Gasteiger partial charge in [-0.1, -0.05) is 0 Å². The SMILES string of the molecule is FC(F)C(F)n1cnc(Br)c1. The Morgan fingerprint density at radius 1 is 1.45 bits per heavy atom. The average molecular weight is 229 g/mol. The van der Waals surface area contributed by atoms with Gasteiger partial charge in [0, 0.05) is 6.20 Å². The molecule has 0 saturated carbocycles. The molecule has 1 rings (SSSR count). The number of nitrogens with zero attached hydrogens (tertiary/aromatic N) is 2. The van der Waals surface area contributed by atoms with Crippen molar-refractivity contribution in [2.24, 2.45) is 0 Å². The quantitative estimate of drug-likeness (QED) is 0.761. The van der Waals surface area contributed by atoms with Crippen LogP contribution >= 0.6 is 15.9 Å². The molecule has 0 aliphatic carbocycles. The van der Waals surface area contributed by atoms with Crippen LogP contribution in [0, 0.1) is 0 Å². The van der Waals surface area contributed by atoms with Crippen molar-refractivity contribution in [3.8, 4) is 0 Å². The van der Waals surface area contributed by atoms with Gasteiger partial charge in [-0.15, -0.1) is 0 Å². The summed E-state index contributed by atoms with van der Waals surface area (Å²) >= 11 is 2.91. The standard InChI is InChI=1S/C5H4BrF3N2/c6-3-1-11(2-10-3)5(9)4(7)8/h1-2,4-5H. The highest BCUT2D eigenvalue weighted by Gasteiger charge is 2.20. The zero-order valence-corrected chi connectivity index (χ0v) is 6.80. The summed E-state index contributed by atoms with van der Waals surface area (Å²) in [5.41, 5.74) is 0. The highest BCUT2D eigenvalue weighted by Crippen LogP contribution is 2.19. The third-order valence-corrected chi connectivity index (χ3v) is 1.47. The highest BCUT2D eigenvalue weighted by molar-refractivity contribution is 9.10.